The highest BCUT2D eigenvalue weighted by molar-refractivity contribution is 5.90. The number of benzene rings is 1. The number of epoxide rings is 1. The van der Waals surface area contributed by atoms with E-state index in [0.717, 1.165) is 12.1 Å². The molecule has 1 aromatic rings. The maximum absolute atomic E-state index is 12.6. The summed E-state index contributed by atoms with van der Waals surface area (Å²) in [7, 11) is 0. The minimum absolute atomic E-state index is 0.00317. The first-order chi connectivity index (χ1) is 9.20. The van der Waals surface area contributed by atoms with Crippen LogP contribution in [-0.2, 0) is 15.7 Å². The molecule has 1 aliphatic rings. The predicted molar refractivity (Wildman–Crippen MR) is 65.6 cm³/mol. The fraction of sp³-hybridized carbons (Fsp3) is 0.462. The van der Waals surface area contributed by atoms with Crippen LogP contribution in [0.3, 0.4) is 0 Å². The van der Waals surface area contributed by atoms with Gasteiger partial charge in [0, 0.05) is 6.92 Å². The number of carbonyl (C=O) groups excluding carboxylic acids is 1. The van der Waals surface area contributed by atoms with Gasteiger partial charge in [-0.1, -0.05) is 0 Å². The fourth-order valence-corrected chi connectivity index (χ4v) is 1.56. The summed E-state index contributed by atoms with van der Waals surface area (Å²) in [5.41, 5.74) is -1.24. The Morgan fingerprint density at radius 1 is 1.50 bits per heavy atom. The monoisotopic (exact) mass is 289 g/mol. The number of alkyl halides is 3. The molecule has 1 saturated heterocycles. The molecule has 7 heteroatoms. The minimum Gasteiger partial charge on any atom is -0.488 e. The van der Waals surface area contributed by atoms with Crippen LogP contribution in [0.25, 0.3) is 0 Å². The van der Waals surface area contributed by atoms with Gasteiger partial charge in [0.15, 0.2) is 0 Å². The third-order valence-corrected chi connectivity index (χ3v) is 2.79. The van der Waals surface area contributed by atoms with E-state index in [2.05, 4.69) is 5.32 Å². The highest BCUT2D eigenvalue weighted by atomic mass is 19.4. The summed E-state index contributed by atoms with van der Waals surface area (Å²) in [6.45, 7) is 3.80. The molecule has 0 aliphatic carbocycles. The molecule has 1 aliphatic heterocycles. The average molecular weight is 289 g/mol. The van der Waals surface area contributed by atoms with Crippen LogP contribution in [0, 0.1) is 0 Å². The maximum Gasteiger partial charge on any atom is 0.416 e. The summed E-state index contributed by atoms with van der Waals surface area (Å²) >= 11 is 0. The quantitative estimate of drug-likeness (QED) is 0.867. The van der Waals surface area contributed by atoms with Crippen molar-refractivity contribution in [2.24, 2.45) is 0 Å². The normalized spacial score (nSPS) is 21.4. The van der Waals surface area contributed by atoms with Gasteiger partial charge in [-0.3, -0.25) is 4.79 Å². The molecule has 1 amide bonds. The van der Waals surface area contributed by atoms with Crippen molar-refractivity contribution in [3.8, 4) is 5.75 Å². The third kappa shape index (κ3) is 3.63. The van der Waals surface area contributed by atoms with Crippen LogP contribution in [-0.4, -0.2) is 24.7 Å². The number of carbonyl (C=O) groups is 1. The Hall–Kier alpha value is -1.76. The summed E-state index contributed by atoms with van der Waals surface area (Å²) in [5, 5.41) is 2.34. The number of halogens is 3. The van der Waals surface area contributed by atoms with Gasteiger partial charge in [0.05, 0.1) is 17.9 Å². The van der Waals surface area contributed by atoms with Crippen LogP contribution < -0.4 is 10.1 Å². The Morgan fingerprint density at radius 3 is 2.65 bits per heavy atom. The fourth-order valence-electron chi connectivity index (χ4n) is 1.56. The Morgan fingerprint density at radius 2 is 2.15 bits per heavy atom. The third-order valence-electron chi connectivity index (χ3n) is 2.79. The zero-order valence-electron chi connectivity index (χ0n) is 11.0. The van der Waals surface area contributed by atoms with Crippen molar-refractivity contribution in [3.63, 3.8) is 0 Å². The zero-order chi connectivity index (χ0) is 15.0. The van der Waals surface area contributed by atoms with Gasteiger partial charge in [0.2, 0.25) is 5.91 Å². The van der Waals surface area contributed by atoms with E-state index in [1.165, 1.54) is 13.0 Å². The van der Waals surface area contributed by atoms with Gasteiger partial charge in [-0.05, 0) is 25.1 Å². The second-order valence-corrected chi connectivity index (χ2v) is 4.92. The Labute approximate surface area is 113 Å². The van der Waals surface area contributed by atoms with Crippen molar-refractivity contribution >= 4 is 11.6 Å². The molecule has 0 spiro atoms. The molecule has 0 bridgehead atoms. The second kappa shape index (κ2) is 4.97. The highest BCUT2D eigenvalue weighted by Gasteiger charge is 2.40. The smallest absolute Gasteiger partial charge is 0.416 e. The summed E-state index contributed by atoms with van der Waals surface area (Å²) in [5.74, 6) is -0.284. The number of amides is 1. The molecule has 0 aromatic heterocycles. The summed E-state index contributed by atoms with van der Waals surface area (Å²) < 4.78 is 48.5. The van der Waals surface area contributed by atoms with E-state index < -0.39 is 23.2 Å². The van der Waals surface area contributed by atoms with E-state index in [0.29, 0.717) is 6.61 Å². The number of rotatable bonds is 4. The maximum atomic E-state index is 12.6. The molecule has 1 heterocycles. The number of ether oxygens (including phenoxy) is 2. The lowest BCUT2D eigenvalue weighted by Gasteiger charge is -2.15. The topological polar surface area (TPSA) is 50.9 Å². The van der Waals surface area contributed by atoms with Crippen LogP contribution in [0.15, 0.2) is 18.2 Å². The molecule has 1 fully saturated rings. The molecular formula is C13H14F3NO3. The largest absolute Gasteiger partial charge is 0.488 e. The van der Waals surface area contributed by atoms with Crippen LogP contribution in [0.4, 0.5) is 18.9 Å². The molecular weight excluding hydrogens is 275 g/mol. The van der Waals surface area contributed by atoms with Crippen LogP contribution in [0.5, 0.6) is 5.75 Å². The van der Waals surface area contributed by atoms with E-state index in [1.807, 2.05) is 6.92 Å². The average Bonchev–Trinajstić information content (AvgIpc) is 3.04. The Balaban J connectivity index is 2.22. The van der Waals surface area contributed by atoms with Gasteiger partial charge >= 0.3 is 6.18 Å². The first-order valence-electron chi connectivity index (χ1n) is 5.95. The molecule has 1 N–H and O–H groups in total. The molecule has 110 valence electrons. The SMILES string of the molecule is CC(=O)Nc1cc(C(F)(F)F)ccc1OC[C@@]1(C)CO1. The van der Waals surface area contributed by atoms with Gasteiger partial charge in [0.25, 0.3) is 0 Å². The van der Waals surface area contributed by atoms with E-state index >= 15 is 0 Å². The summed E-state index contributed by atoms with van der Waals surface area (Å²) in [4.78, 5) is 11.1. The minimum atomic E-state index is -4.47. The molecule has 0 unspecified atom stereocenters. The zero-order valence-corrected chi connectivity index (χ0v) is 11.0. The van der Waals surface area contributed by atoms with Crippen molar-refractivity contribution in [2.45, 2.75) is 25.6 Å². The first kappa shape index (κ1) is 14.6. The molecule has 0 radical (unpaired) electrons. The summed E-state index contributed by atoms with van der Waals surface area (Å²) in [6, 6.07) is 2.96. The van der Waals surface area contributed by atoms with Crippen LogP contribution in [0.2, 0.25) is 0 Å². The molecule has 0 saturated carbocycles. The lowest BCUT2D eigenvalue weighted by molar-refractivity contribution is -0.137. The van der Waals surface area contributed by atoms with E-state index in [-0.39, 0.29) is 18.0 Å². The second-order valence-electron chi connectivity index (χ2n) is 4.92. The highest BCUT2D eigenvalue weighted by Crippen LogP contribution is 2.36. The number of hydrogen-bond acceptors (Lipinski definition) is 3. The Kier molecular flexibility index (Phi) is 3.64. The van der Waals surface area contributed by atoms with Gasteiger partial charge in [-0.15, -0.1) is 0 Å². The lowest BCUT2D eigenvalue weighted by atomic mass is 10.1. The molecule has 20 heavy (non-hydrogen) atoms. The van der Waals surface area contributed by atoms with Crippen LogP contribution in [0.1, 0.15) is 19.4 Å². The molecule has 2 rings (SSSR count). The number of anilines is 1. The lowest BCUT2D eigenvalue weighted by Crippen LogP contribution is -2.18. The van der Waals surface area contributed by atoms with E-state index in [4.69, 9.17) is 9.47 Å². The van der Waals surface area contributed by atoms with Crippen molar-refractivity contribution < 1.29 is 27.4 Å². The summed E-state index contributed by atoms with van der Waals surface area (Å²) in [6.07, 6.45) is -4.47. The first-order valence-corrected chi connectivity index (χ1v) is 5.95. The van der Waals surface area contributed by atoms with Crippen molar-refractivity contribution in [1.82, 2.24) is 0 Å². The molecule has 1 aromatic carbocycles. The number of hydrogen-bond donors (Lipinski definition) is 1. The van der Waals surface area contributed by atoms with E-state index in [9.17, 15) is 18.0 Å². The van der Waals surface area contributed by atoms with Gasteiger partial charge < -0.3 is 14.8 Å². The van der Waals surface area contributed by atoms with Crippen LogP contribution >= 0.6 is 0 Å². The predicted octanol–water partition coefficient (Wildman–Crippen LogP) is 2.83. The standard InChI is InChI=1S/C13H14F3NO3/c1-8(18)17-10-5-9(13(14,15)16)3-4-11(10)19-6-12(2)7-20-12/h3-5H,6-7H2,1-2H3,(H,17,18)/t12-/m0/s1. The van der Waals surface area contributed by atoms with Gasteiger partial charge in [-0.2, -0.15) is 13.2 Å². The van der Waals surface area contributed by atoms with Gasteiger partial charge in [0.1, 0.15) is 18.0 Å². The number of nitrogens with one attached hydrogen (secondary N) is 1. The molecule has 4 nitrogen and oxygen atoms in total. The van der Waals surface area contributed by atoms with Crippen molar-refractivity contribution in [2.75, 3.05) is 18.5 Å². The van der Waals surface area contributed by atoms with Gasteiger partial charge in [-0.25, -0.2) is 0 Å². The van der Waals surface area contributed by atoms with E-state index in [1.54, 1.807) is 0 Å². The van der Waals surface area contributed by atoms with Crippen molar-refractivity contribution in [1.29, 1.82) is 0 Å². The Bertz CT molecular complexity index is 524. The van der Waals surface area contributed by atoms with Crippen molar-refractivity contribution in [3.05, 3.63) is 23.8 Å². The molecule has 1 atom stereocenters.